The minimum atomic E-state index is 0.0682. The van der Waals surface area contributed by atoms with E-state index in [1.54, 1.807) is 0 Å². The van der Waals surface area contributed by atoms with Crippen LogP contribution in [0.1, 0.15) is 57.4 Å². The molecule has 1 aliphatic heterocycles. The molecule has 0 radical (unpaired) electrons. The number of carbonyl (C=O) groups is 2. The Labute approximate surface area is 149 Å². The van der Waals surface area contributed by atoms with E-state index in [1.165, 1.54) is 25.7 Å². The van der Waals surface area contributed by atoms with Crippen LogP contribution < -0.4 is 15.4 Å². The lowest BCUT2D eigenvalue weighted by Gasteiger charge is -2.23. The average Bonchev–Trinajstić information content (AvgIpc) is 3.04. The van der Waals surface area contributed by atoms with E-state index in [9.17, 15) is 9.59 Å². The van der Waals surface area contributed by atoms with E-state index in [0.717, 1.165) is 30.0 Å². The Balaban J connectivity index is 1.35. The lowest BCUT2D eigenvalue weighted by molar-refractivity contribution is -0.121. The van der Waals surface area contributed by atoms with Crippen molar-refractivity contribution in [2.24, 2.45) is 5.41 Å². The molecule has 0 spiro atoms. The Morgan fingerprint density at radius 3 is 2.88 bits per heavy atom. The van der Waals surface area contributed by atoms with Crippen molar-refractivity contribution in [3.8, 4) is 5.75 Å². The number of ether oxygens (including phenoxy) is 1. The molecule has 1 aromatic carbocycles. The van der Waals surface area contributed by atoms with Crippen molar-refractivity contribution < 1.29 is 14.3 Å². The third kappa shape index (κ3) is 4.97. The Morgan fingerprint density at radius 1 is 1.28 bits per heavy atom. The van der Waals surface area contributed by atoms with Gasteiger partial charge in [0.25, 0.3) is 0 Å². The molecule has 0 atom stereocenters. The molecule has 3 rings (SSSR count). The fourth-order valence-electron chi connectivity index (χ4n) is 3.68. The predicted octanol–water partition coefficient (Wildman–Crippen LogP) is 3.43. The third-order valence-corrected chi connectivity index (χ3v) is 5.31. The van der Waals surface area contributed by atoms with E-state index in [4.69, 9.17) is 4.74 Å². The summed E-state index contributed by atoms with van der Waals surface area (Å²) in [7, 11) is 0. The summed E-state index contributed by atoms with van der Waals surface area (Å²) in [6.07, 6.45) is 7.47. The van der Waals surface area contributed by atoms with E-state index in [1.807, 2.05) is 18.2 Å². The van der Waals surface area contributed by atoms with Gasteiger partial charge in [-0.3, -0.25) is 9.59 Å². The van der Waals surface area contributed by atoms with Crippen LogP contribution in [0.15, 0.2) is 18.2 Å². The number of aryl methyl sites for hydroxylation is 1. The summed E-state index contributed by atoms with van der Waals surface area (Å²) in [5.41, 5.74) is 2.29. The van der Waals surface area contributed by atoms with Gasteiger partial charge in [0, 0.05) is 25.1 Å². The van der Waals surface area contributed by atoms with E-state index in [0.29, 0.717) is 31.3 Å². The van der Waals surface area contributed by atoms with E-state index >= 15 is 0 Å². The lowest BCUT2D eigenvalue weighted by Crippen LogP contribution is -2.34. The summed E-state index contributed by atoms with van der Waals surface area (Å²) in [5, 5.41) is 5.94. The van der Waals surface area contributed by atoms with Crippen LogP contribution in [0.25, 0.3) is 0 Å². The molecule has 0 aromatic heterocycles. The summed E-state index contributed by atoms with van der Waals surface area (Å²) >= 11 is 0. The van der Waals surface area contributed by atoms with Gasteiger partial charge >= 0.3 is 0 Å². The Bertz CT molecular complexity index is 636. The summed E-state index contributed by atoms with van der Waals surface area (Å²) < 4.78 is 5.75. The van der Waals surface area contributed by atoms with Crippen molar-refractivity contribution in [3.05, 3.63) is 23.8 Å². The third-order valence-electron chi connectivity index (χ3n) is 5.31. The molecule has 1 aromatic rings. The summed E-state index contributed by atoms with van der Waals surface area (Å²) in [5.74, 6) is 0.984. The van der Waals surface area contributed by atoms with Crippen molar-refractivity contribution in [1.29, 1.82) is 0 Å². The average molecular weight is 344 g/mol. The van der Waals surface area contributed by atoms with Crippen LogP contribution in [0.2, 0.25) is 0 Å². The first-order valence-electron chi connectivity index (χ1n) is 9.36. The number of benzene rings is 1. The van der Waals surface area contributed by atoms with Gasteiger partial charge in [-0.2, -0.15) is 0 Å². The van der Waals surface area contributed by atoms with E-state index < -0.39 is 0 Å². The first-order chi connectivity index (χ1) is 12.0. The number of hydrogen-bond acceptors (Lipinski definition) is 3. The van der Waals surface area contributed by atoms with Crippen molar-refractivity contribution in [3.63, 3.8) is 0 Å². The molecule has 5 nitrogen and oxygen atoms in total. The minimum Gasteiger partial charge on any atom is -0.494 e. The van der Waals surface area contributed by atoms with Gasteiger partial charge in [0.1, 0.15) is 5.75 Å². The highest BCUT2D eigenvalue weighted by atomic mass is 16.5. The zero-order valence-corrected chi connectivity index (χ0v) is 15.0. The van der Waals surface area contributed by atoms with Crippen LogP contribution in [0, 0.1) is 5.41 Å². The number of amides is 2. The molecule has 2 aliphatic rings. The van der Waals surface area contributed by atoms with E-state index in [-0.39, 0.29) is 11.8 Å². The molecule has 136 valence electrons. The quantitative estimate of drug-likeness (QED) is 0.745. The number of carbonyl (C=O) groups excluding carboxylic acids is 2. The van der Waals surface area contributed by atoms with Crippen molar-refractivity contribution in [1.82, 2.24) is 5.32 Å². The van der Waals surface area contributed by atoms with Crippen LogP contribution in [0.3, 0.4) is 0 Å². The lowest BCUT2D eigenvalue weighted by atomic mass is 9.89. The molecule has 2 N–H and O–H groups in total. The number of nitrogens with one attached hydrogen (secondary N) is 2. The van der Waals surface area contributed by atoms with Crippen molar-refractivity contribution in [2.45, 2.75) is 58.3 Å². The monoisotopic (exact) mass is 344 g/mol. The van der Waals surface area contributed by atoms with Gasteiger partial charge in [-0.1, -0.05) is 19.8 Å². The number of fused-ring (bicyclic) bond motifs is 1. The van der Waals surface area contributed by atoms with Crippen LogP contribution in [0.5, 0.6) is 5.75 Å². The van der Waals surface area contributed by atoms with Crippen LogP contribution in [-0.4, -0.2) is 25.0 Å². The molecule has 1 saturated carbocycles. The van der Waals surface area contributed by atoms with Gasteiger partial charge in [-0.25, -0.2) is 0 Å². The maximum atomic E-state index is 12.0. The zero-order valence-electron chi connectivity index (χ0n) is 15.0. The zero-order chi connectivity index (χ0) is 17.7. The normalized spacial score (nSPS) is 18.4. The van der Waals surface area contributed by atoms with Crippen LogP contribution in [0.4, 0.5) is 5.69 Å². The fraction of sp³-hybridized carbons (Fsp3) is 0.600. The molecule has 1 heterocycles. The van der Waals surface area contributed by atoms with Crippen LogP contribution >= 0.6 is 0 Å². The summed E-state index contributed by atoms with van der Waals surface area (Å²) in [6.45, 7) is 3.58. The van der Waals surface area contributed by atoms with Gasteiger partial charge < -0.3 is 15.4 Å². The number of hydrogen-bond donors (Lipinski definition) is 2. The topological polar surface area (TPSA) is 67.4 Å². The molecule has 1 aliphatic carbocycles. The Hall–Kier alpha value is -2.04. The summed E-state index contributed by atoms with van der Waals surface area (Å²) in [4.78, 5) is 23.3. The van der Waals surface area contributed by atoms with Crippen molar-refractivity contribution in [2.75, 3.05) is 18.5 Å². The highest BCUT2D eigenvalue weighted by Gasteiger charge is 2.28. The molecule has 0 bridgehead atoms. The predicted molar refractivity (Wildman–Crippen MR) is 97.7 cm³/mol. The molecule has 0 saturated heterocycles. The molecular formula is C20H28N2O3. The van der Waals surface area contributed by atoms with Gasteiger partial charge in [0.2, 0.25) is 11.8 Å². The molecule has 5 heteroatoms. The molecule has 2 amide bonds. The van der Waals surface area contributed by atoms with Gasteiger partial charge in [0.15, 0.2) is 0 Å². The van der Waals surface area contributed by atoms with Gasteiger partial charge in [-0.15, -0.1) is 0 Å². The smallest absolute Gasteiger partial charge is 0.224 e. The van der Waals surface area contributed by atoms with Gasteiger partial charge in [-0.05, 0) is 54.9 Å². The second-order valence-electron chi connectivity index (χ2n) is 7.61. The largest absolute Gasteiger partial charge is 0.494 e. The highest BCUT2D eigenvalue weighted by molar-refractivity contribution is 5.94. The van der Waals surface area contributed by atoms with E-state index in [2.05, 4.69) is 17.6 Å². The standard InChI is InChI=1S/C20H28N2O3/c1-20(10-2-3-11-20)14-21-18(23)5-4-12-25-16-7-8-17-15(13-16)6-9-19(24)22-17/h7-8,13H,2-6,9-12,14H2,1H3,(H,21,23)(H,22,24). The molecular weight excluding hydrogens is 316 g/mol. The summed E-state index contributed by atoms with van der Waals surface area (Å²) in [6, 6.07) is 5.73. The first kappa shape index (κ1) is 17.8. The highest BCUT2D eigenvalue weighted by Crippen LogP contribution is 2.36. The molecule has 25 heavy (non-hydrogen) atoms. The Kier molecular flexibility index (Phi) is 5.61. The molecule has 0 unspecified atom stereocenters. The molecule has 1 fully saturated rings. The van der Waals surface area contributed by atoms with Crippen LogP contribution in [-0.2, 0) is 16.0 Å². The van der Waals surface area contributed by atoms with Gasteiger partial charge in [0.05, 0.1) is 6.61 Å². The number of rotatable bonds is 7. The maximum Gasteiger partial charge on any atom is 0.224 e. The van der Waals surface area contributed by atoms with Crippen molar-refractivity contribution >= 4 is 17.5 Å². The SMILES string of the molecule is CC1(CNC(=O)CCCOc2ccc3c(c2)CCC(=O)N3)CCCC1. The second-order valence-corrected chi connectivity index (χ2v) is 7.61. The fourth-order valence-corrected chi connectivity index (χ4v) is 3.68. The maximum absolute atomic E-state index is 12.0. The number of anilines is 1. The first-order valence-corrected chi connectivity index (χ1v) is 9.36. The Morgan fingerprint density at radius 2 is 2.08 bits per heavy atom. The minimum absolute atomic E-state index is 0.0682. The second kappa shape index (κ2) is 7.89.